The van der Waals surface area contributed by atoms with E-state index in [9.17, 15) is 9.59 Å². The van der Waals surface area contributed by atoms with Crippen LogP contribution in [0, 0.1) is 11.8 Å². The van der Waals surface area contributed by atoms with Crippen LogP contribution >= 0.6 is 0 Å². The first kappa shape index (κ1) is 13.4. The van der Waals surface area contributed by atoms with Crippen LogP contribution in [0.1, 0.15) is 51.4 Å². The summed E-state index contributed by atoms with van der Waals surface area (Å²) in [6, 6.07) is 0. The van der Waals surface area contributed by atoms with Crippen molar-refractivity contribution in [3.05, 3.63) is 0 Å². The monoisotopic (exact) mass is 252 g/mol. The van der Waals surface area contributed by atoms with Crippen molar-refractivity contribution in [3.63, 3.8) is 0 Å². The Hall–Kier alpha value is -1.06. The summed E-state index contributed by atoms with van der Waals surface area (Å²) >= 11 is 0. The van der Waals surface area contributed by atoms with Gasteiger partial charge in [0, 0.05) is 25.4 Å². The summed E-state index contributed by atoms with van der Waals surface area (Å²) < 4.78 is 0. The van der Waals surface area contributed by atoms with Crippen LogP contribution < -0.4 is 5.73 Å². The molecule has 18 heavy (non-hydrogen) atoms. The highest BCUT2D eigenvalue weighted by atomic mass is 16.2. The molecular weight excluding hydrogens is 228 g/mol. The lowest BCUT2D eigenvalue weighted by Crippen LogP contribution is -2.41. The molecule has 2 aliphatic rings. The SMILES string of the molecule is NC(=O)CCC1CCN(C(=O)C2CCCC2)CC1. The van der Waals surface area contributed by atoms with E-state index < -0.39 is 0 Å². The van der Waals surface area contributed by atoms with Gasteiger partial charge in [-0.1, -0.05) is 12.8 Å². The van der Waals surface area contributed by atoms with Crippen molar-refractivity contribution in [1.29, 1.82) is 0 Å². The second kappa shape index (κ2) is 6.21. The van der Waals surface area contributed by atoms with E-state index in [4.69, 9.17) is 5.73 Å². The highest BCUT2D eigenvalue weighted by molar-refractivity contribution is 5.79. The van der Waals surface area contributed by atoms with Crippen LogP contribution in [0.2, 0.25) is 0 Å². The number of rotatable bonds is 4. The number of primary amides is 1. The van der Waals surface area contributed by atoms with Gasteiger partial charge in [-0.05, 0) is 38.0 Å². The molecule has 1 saturated heterocycles. The average molecular weight is 252 g/mol. The number of hydrogen-bond donors (Lipinski definition) is 1. The Morgan fingerprint density at radius 1 is 1.06 bits per heavy atom. The Bertz CT molecular complexity index is 303. The third-order valence-electron chi connectivity index (χ3n) is 4.43. The van der Waals surface area contributed by atoms with Crippen LogP contribution in [0.3, 0.4) is 0 Å². The van der Waals surface area contributed by atoms with Gasteiger partial charge in [-0.25, -0.2) is 0 Å². The zero-order valence-electron chi connectivity index (χ0n) is 11.1. The van der Waals surface area contributed by atoms with Gasteiger partial charge in [-0.15, -0.1) is 0 Å². The maximum absolute atomic E-state index is 12.2. The molecule has 1 aliphatic carbocycles. The number of nitrogens with zero attached hydrogens (tertiary/aromatic N) is 1. The number of carbonyl (C=O) groups excluding carboxylic acids is 2. The highest BCUT2D eigenvalue weighted by Gasteiger charge is 2.29. The molecule has 0 radical (unpaired) electrons. The summed E-state index contributed by atoms with van der Waals surface area (Å²) in [6.07, 6.45) is 8.04. The number of amides is 2. The Labute approximate surface area is 109 Å². The maximum Gasteiger partial charge on any atom is 0.225 e. The highest BCUT2D eigenvalue weighted by Crippen LogP contribution is 2.29. The Balaban J connectivity index is 1.72. The van der Waals surface area contributed by atoms with Gasteiger partial charge in [0.25, 0.3) is 0 Å². The first-order valence-corrected chi connectivity index (χ1v) is 7.24. The molecule has 0 unspecified atom stereocenters. The minimum absolute atomic E-state index is 0.209. The van der Waals surface area contributed by atoms with Gasteiger partial charge in [0.1, 0.15) is 0 Å². The van der Waals surface area contributed by atoms with E-state index in [0.29, 0.717) is 24.2 Å². The zero-order valence-corrected chi connectivity index (χ0v) is 11.1. The second-order valence-corrected chi connectivity index (χ2v) is 5.76. The van der Waals surface area contributed by atoms with Crippen molar-refractivity contribution in [2.24, 2.45) is 17.6 Å². The van der Waals surface area contributed by atoms with Gasteiger partial charge >= 0.3 is 0 Å². The van der Waals surface area contributed by atoms with Crippen molar-refractivity contribution >= 4 is 11.8 Å². The number of nitrogens with two attached hydrogens (primary N) is 1. The molecule has 2 rings (SSSR count). The maximum atomic E-state index is 12.2. The molecule has 4 heteroatoms. The van der Waals surface area contributed by atoms with Gasteiger partial charge in [0.2, 0.25) is 11.8 Å². The molecule has 2 fully saturated rings. The molecule has 4 nitrogen and oxygen atoms in total. The molecule has 0 spiro atoms. The molecule has 0 aromatic rings. The van der Waals surface area contributed by atoms with E-state index in [0.717, 1.165) is 45.2 Å². The smallest absolute Gasteiger partial charge is 0.225 e. The fraction of sp³-hybridized carbons (Fsp3) is 0.857. The quantitative estimate of drug-likeness (QED) is 0.827. The van der Waals surface area contributed by atoms with E-state index in [-0.39, 0.29) is 5.91 Å². The van der Waals surface area contributed by atoms with E-state index >= 15 is 0 Å². The van der Waals surface area contributed by atoms with Crippen LogP contribution in [-0.4, -0.2) is 29.8 Å². The molecule has 0 aromatic heterocycles. The van der Waals surface area contributed by atoms with Crippen LogP contribution in [0.15, 0.2) is 0 Å². The van der Waals surface area contributed by atoms with Crippen molar-refractivity contribution < 1.29 is 9.59 Å². The molecular formula is C14H24N2O2. The molecule has 2 amide bonds. The summed E-state index contributed by atoms with van der Waals surface area (Å²) in [5.41, 5.74) is 5.16. The molecule has 2 N–H and O–H groups in total. The third kappa shape index (κ3) is 3.47. The van der Waals surface area contributed by atoms with E-state index in [2.05, 4.69) is 0 Å². The first-order valence-electron chi connectivity index (χ1n) is 7.24. The van der Waals surface area contributed by atoms with Crippen molar-refractivity contribution in [2.75, 3.05) is 13.1 Å². The van der Waals surface area contributed by atoms with E-state index in [1.165, 1.54) is 12.8 Å². The number of carbonyl (C=O) groups is 2. The predicted molar refractivity (Wildman–Crippen MR) is 69.7 cm³/mol. The average Bonchev–Trinajstić information content (AvgIpc) is 2.90. The molecule has 1 saturated carbocycles. The zero-order chi connectivity index (χ0) is 13.0. The number of hydrogen-bond acceptors (Lipinski definition) is 2. The van der Waals surface area contributed by atoms with Crippen LogP contribution in [0.5, 0.6) is 0 Å². The van der Waals surface area contributed by atoms with Crippen LogP contribution in [-0.2, 0) is 9.59 Å². The normalized spacial score (nSPS) is 22.3. The predicted octanol–water partition coefficient (Wildman–Crippen LogP) is 1.68. The molecule has 102 valence electrons. The largest absolute Gasteiger partial charge is 0.370 e. The molecule has 1 heterocycles. The summed E-state index contributed by atoms with van der Waals surface area (Å²) in [7, 11) is 0. The standard InChI is InChI=1S/C14H24N2O2/c15-13(17)6-5-11-7-9-16(10-8-11)14(18)12-3-1-2-4-12/h11-12H,1-10H2,(H2,15,17). The molecule has 0 aromatic carbocycles. The topological polar surface area (TPSA) is 63.4 Å². The van der Waals surface area contributed by atoms with Crippen molar-refractivity contribution in [1.82, 2.24) is 4.90 Å². The van der Waals surface area contributed by atoms with Gasteiger partial charge in [-0.2, -0.15) is 0 Å². The Kier molecular flexibility index (Phi) is 4.61. The minimum Gasteiger partial charge on any atom is -0.370 e. The Morgan fingerprint density at radius 3 is 2.22 bits per heavy atom. The van der Waals surface area contributed by atoms with Crippen LogP contribution in [0.25, 0.3) is 0 Å². The van der Waals surface area contributed by atoms with Gasteiger partial charge < -0.3 is 10.6 Å². The van der Waals surface area contributed by atoms with Crippen LogP contribution in [0.4, 0.5) is 0 Å². The Morgan fingerprint density at radius 2 is 1.67 bits per heavy atom. The third-order valence-corrected chi connectivity index (χ3v) is 4.43. The summed E-state index contributed by atoms with van der Waals surface area (Å²) in [6.45, 7) is 1.75. The molecule has 0 bridgehead atoms. The van der Waals surface area contributed by atoms with Gasteiger partial charge in [0.05, 0.1) is 0 Å². The number of piperidine rings is 1. The lowest BCUT2D eigenvalue weighted by Gasteiger charge is -2.33. The summed E-state index contributed by atoms with van der Waals surface area (Å²) in [5, 5.41) is 0. The number of likely N-dealkylation sites (tertiary alicyclic amines) is 1. The molecule has 0 atom stereocenters. The fourth-order valence-electron chi connectivity index (χ4n) is 3.22. The summed E-state index contributed by atoms with van der Waals surface area (Å²) in [4.78, 5) is 25.0. The lowest BCUT2D eigenvalue weighted by molar-refractivity contribution is -0.136. The first-order chi connectivity index (χ1) is 8.66. The molecule has 1 aliphatic heterocycles. The lowest BCUT2D eigenvalue weighted by atomic mass is 9.91. The summed E-state index contributed by atoms with van der Waals surface area (Å²) in [5.74, 6) is 1.04. The van der Waals surface area contributed by atoms with E-state index in [1.54, 1.807) is 0 Å². The minimum atomic E-state index is -0.209. The van der Waals surface area contributed by atoms with Gasteiger partial charge in [0.15, 0.2) is 0 Å². The van der Waals surface area contributed by atoms with Crippen molar-refractivity contribution in [2.45, 2.75) is 51.4 Å². The fourth-order valence-corrected chi connectivity index (χ4v) is 3.22. The van der Waals surface area contributed by atoms with E-state index in [1.807, 2.05) is 4.90 Å². The van der Waals surface area contributed by atoms with Crippen molar-refractivity contribution in [3.8, 4) is 0 Å². The van der Waals surface area contributed by atoms with Gasteiger partial charge in [-0.3, -0.25) is 9.59 Å². The second-order valence-electron chi connectivity index (χ2n) is 5.76.